The fourth-order valence-corrected chi connectivity index (χ4v) is 8.05. The molecule has 0 spiro atoms. The van der Waals surface area contributed by atoms with Crippen LogP contribution in [0.15, 0.2) is 72.9 Å². The Morgan fingerprint density at radius 1 is 0.547 bits per heavy atom. The third kappa shape index (κ3) is 47.9. The van der Waals surface area contributed by atoms with Crippen LogP contribution in [0.5, 0.6) is 0 Å². The zero-order valence-electron chi connectivity index (χ0n) is 42.3. The van der Waals surface area contributed by atoms with E-state index in [2.05, 4.69) is 73.0 Å². The molecular weight excluding hydrogens is 816 g/mol. The standard InChI is InChI=1S/C55H101N2O6P/c1-6-8-10-11-12-13-14-15-16-17-18-19-20-21-22-23-24-25-26-27-28-29-30-31-32-33-34-35-36-37-38-39-40-41-42-43-44-45-47-49-55(59)56-53(54(58)48-46-9-7-2)52-63-64(60,61)62-51-50-57(3,4)5/h8,10,12-13,15-16,18-19,21-22,46,48,53-54,58H,6-7,9,11,14,17,20,23-45,47,49-52H2,1-5H3,(H-,56,59,60,61)/p+1/b10-8-,13-12-,16-15-,19-18-,22-21-,48-46+. The summed E-state index contributed by atoms with van der Waals surface area (Å²) in [6.07, 6.45) is 64.0. The summed E-state index contributed by atoms with van der Waals surface area (Å²) < 4.78 is 23.3. The number of phosphoric ester groups is 1. The second kappa shape index (κ2) is 46.1. The number of hydrogen-bond acceptors (Lipinski definition) is 5. The molecule has 64 heavy (non-hydrogen) atoms. The molecular formula is C55H102N2O6P+. The number of phosphoric acid groups is 1. The van der Waals surface area contributed by atoms with E-state index in [-0.39, 0.29) is 19.1 Å². The first kappa shape index (κ1) is 61.9. The molecule has 372 valence electrons. The molecule has 0 aromatic rings. The molecule has 0 bridgehead atoms. The van der Waals surface area contributed by atoms with Crippen LogP contribution in [0.4, 0.5) is 0 Å². The molecule has 1 amide bonds. The van der Waals surface area contributed by atoms with E-state index in [1.54, 1.807) is 6.08 Å². The van der Waals surface area contributed by atoms with Crippen molar-refractivity contribution in [2.75, 3.05) is 40.9 Å². The van der Waals surface area contributed by atoms with Crippen molar-refractivity contribution < 1.29 is 32.9 Å². The van der Waals surface area contributed by atoms with Gasteiger partial charge in [0.15, 0.2) is 0 Å². The van der Waals surface area contributed by atoms with E-state index in [4.69, 9.17) is 9.05 Å². The third-order valence-electron chi connectivity index (χ3n) is 11.4. The topological polar surface area (TPSA) is 105 Å². The number of nitrogens with one attached hydrogen (secondary N) is 1. The van der Waals surface area contributed by atoms with Gasteiger partial charge in [0.1, 0.15) is 13.2 Å². The van der Waals surface area contributed by atoms with Crippen molar-refractivity contribution in [1.82, 2.24) is 5.32 Å². The molecule has 0 radical (unpaired) electrons. The number of likely N-dealkylation sites (N-methyl/N-ethyl adjacent to an activating group) is 1. The highest BCUT2D eigenvalue weighted by Crippen LogP contribution is 2.43. The van der Waals surface area contributed by atoms with Crippen LogP contribution in [0.1, 0.15) is 219 Å². The molecule has 3 unspecified atom stereocenters. The van der Waals surface area contributed by atoms with E-state index < -0.39 is 20.0 Å². The van der Waals surface area contributed by atoms with Gasteiger partial charge in [-0.05, 0) is 57.8 Å². The SMILES string of the molecule is CC/C=C\C/C=C\C/C=C\C/C=C\C/C=C\CCCCCCCCCCCCCCCCCCCCCCCCCC(=O)NC(COP(=O)(O)OCC[N+](C)(C)C)C(O)/C=C/CCC. The Balaban J connectivity index is 3.64. The molecule has 0 aliphatic carbocycles. The molecule has 0 aliphatic heterocycles. The lowest BCUT2D eigenvalue weighted by Crippen LogP contribution is -2.45. The quantitative estimate of drug-likeness (QED) is 0.0243. The van der Waals surface area contributed by atoms with Crippen LogP contribution in [0.3, 0.4) is 0 Å². The molecule has 0 rings (SSSR count). The number of carbonyl (C=O) groups is 1. The van der Waals surface area contributed by atoms with Crippen molar-refractivity contribution >= 4 is 13.7 Å². The summed E-state index contributed by atoms with van der Waals surface area (Å²) in [6, 6.07) is -0.841. The van der Waals surface area contributed by atoms with Crippen LogP contribution in [-0.2, 0) is 18.4 Å². The first-order valence-electron chi connectivity index (χ1n) is 26.3. The van der Waals surface area contributed by atoms with Crippen LogP contribution >= 0.6 is 7.82 Å². The maximum absolute atomic E-state index is 12.7. The van der Waals surface area contributed by atoms with Crippen LogP contribution in [-0.4, -0.2) is 73.4 Å². The van der Waals surface area contributed by atoms with Gasteiger partial charge in [-0.2, -0.15) is 0 Å². The van der Waals surface area contributed by atoms with Gasteiger partial charge in [0, 0.05) is 6.42 Å². The highest BCUT2D eigenvalue weighted by Gasteiger charge is 2.27. The average Bonchev–Trinajstić information content (AvgIpc) is 3.25. The number of rotatable bonds is 47. The monoisotopic (exact) mass is 918 g/mol. The molecule has 0 heterocycles. The normalized spacial score (nSPS) is 14.7. The average molecular weight is 918 g/mol. The second-order valence-electron chi connectivity index (χ2n) is 18.9. The molecule has 8 nitrogen and oxygen atoms in total. The lowest BCUT2D eigenvalue weighted by molar-refractivity contribution is -0.870. The summed E-state index contributed by atoms with van der Waals surface area (Å²) >= 11 is 0. The van der Waals surface area contributed by atoms with Crippen molar-refractivity contribution in [3.8, 4) is 0 Å². The van der Waals surface area contributed by atoms with E-state index in [0.717, 1.165) is 64.2 Å². The molecule has 0 saturated carbocycles. The minimum Gasteiger partial charge on any atom is -0.387 e. The van der Waals surface area contributed by atoms with Gasteiger partial charge in [0.2, 0.25) is 5.91 Å². The van der Waals surface area contributed by atoms with Crippen LogP contribution in [0.2, 0.25) is 0 Å². The number of aliphatic hydroxyl groups excluding tert-OH is 1. The summed E-state index contributed by atoms with van der Waals surface area (Å²) in [4.78, 5) is 22.8. The van der Waals surface area contributed by atoms with E-state index in [0.29, 0.717) is 17.4 Å². The molecule has 0 aromatic heterocycles. The highest BCUT2D eigenvalue weighted by molar-refractivity contribution is 7.47. The molecule has 0 fully saturated rings. The van der Waals surface area contributed by atoms with E-state index in [1.807, 2.05) is 34.1 Å². The van der Waals surface area contributed by atoms with Crippen LogP contribution < -0.4 is 5.32 Å². The summed E-state index contributed by atoms with van der Waals surface area (Å²) in [7, 11) is 1.56. The Bertz CT molecular complexity index is 1270. The van der Waals surface area contributed by atoms with Crippen LogP contribution in [0.25, 0.3) is 0 Å². The van der Waals surface area contributed by atoms with Gasteiger partial charge in [-0.3, -0.25) is 13.8 Å². The van der Waals surface area contributed by atoms with Crippen LogP contribution in [0, 0.1) is 0 Å². The molecule has 0 aromatic carbocycles. The molecule has 3 atom stereocenters. The molecule has 0 aliphatic rings. The van der Waals surface area contributed by atoms with E-state index in [9.17, 15) is 19.4 Å². The van der Waals surface area contributed by atoms with Gasteiger partial charge in [-0.1, -0.05) is 228 Å². The first-order chi connectivity index (χ1) is 31.0. The predicted molar refractivity (Wildman–Crippen MR) is 276 cm³/mol. The van der Waals surface area contributed by atoms with E-state index >= 15 is 0 Å². The smallest absolute Gasteiger partial charge is 0.387 e. The van der Waals surface area contributed by atoms with E-state index in [1.165, 1.54) is 135 Å². The molecule has 3 N–H and O–H groups in total. The minimum atomic E-state index is -4.32. The number of amides is 1. The van der Waals surface area contributed by atoms with Crippen molar-refractivity contribution in [1.29, 1.82) is 0 Å². The van der Waals surface area contributed by atoms with Gasteiger partial charge in [0.05, 0.1) is 39.9 Å². The Kier molecular flexibility index (Phi) is 44.6. The Hall–Kier alpha value is -2.06. The number of quaternary nitrogens is 1. The first-order valence-corrected chi connectivity index (χ1v) is 27.8. The maximum atomic E-state index is 12.7. The number of unbranched alkanes of at least 4 members (excludes halogenated alkanes) is 24. The number of nitrogens with zero attached hydrogens (tertiary/aromatic N) is 1. The minimum absolute atomic E-state index is 0.0594. The maximum Gasteiger partial charge on any atom is 0.472 e. The highest BCUT2D eigenvalue weighted by atomic mass is 31.2. The van der Waals surface area contributed by atoms with Crippen molar-refractivity contribution in [3.05, 3.63) is 72.9 Å². The van der Waals surface area contributed by atoms with Crippen molar-refractivity contribution in [2.24, 2.45) is 0 Å². The molecule has 9 heteroatoms. The third-order valence-corrected chi connectivity index (χ3v) is 12.4. The summed E-state index contributed by atoms with van der Waals surface area (Å²) in [5.74, 6) is -0.188. The van der Waals surface area contributed by atoms with Crippen molar-refractivity contribution in [3.63, 3.8) is 0 Å². The second-order valence-corrected chi connectivity index (χ2v) is 20.3. The number of carbonyl (C=O) groups excluding carboxylic acids is 1. The lowest BCUT2D eigenvalue weighted by Gasteiger charge is -2.25. The van der Waals surface area contributed by atoms with Gasteiger partial charge < -0.3 is 19.8 Å². The number of allylic oxidation sites excluding steroid dienone is 11. The van der Waals surface area contributed by atoms with Gasteiger partial charge >= 0.3 is 7.82 Å². The van der Waals surface area contributed by atoms with Gasteiger partial charge in [-0.15, -0.1) is 0 Å². The molecule has 0 saturated heterocycles. The summed E-state index contributed by atoms with van der Waals surface area (Å²) in [5.41, 5.74) is 0. The fraction of sp³-hybridized carbons (Fsp3) is 0.764. The van der Waals surface area contributed by atoms with Gasteiger partial charge in [0.25, 0.3) is 0 Å². The zero-order chi connectivity index (χ0) is 47.1. The Morgan fingerprint density at radius 2 is 0.938 bits per heavy atom. The predicted octanol–water partition coefficient (Wildman–Crippen LogP) is 15.5. The summed E-state index contributed by atoms with van der Waals surface area (Å²) in [6.45, 7) is 4.48. The Morgan fingerprint density at radius 3 is 1.34 bits per heavy atom. The Labute approximate surface area is 395 Å². The fourth-order valence-electron chi connectivity index (χ4n) is 7.31. The zero-order valence-corrected chi connectivity index (χ0v) is 43.1. The summed E-state index contributed by atoms with van der Waals surface area (Å²) in [5, 5.41) is 13.5. The lowest BCUT2D eigenvalue weighted by atomic mass is 10.0. The van der Waals surface area contributed by atoms with Crippen molar-refractivity contribution in [2.45, 2.75) is 231 Å². The number of aliphatic hydroxyl groups is 1. The number of hydrogen-bond donors (Lipinski definition) is 3. The van der Waals surface area contributed by atoms with Gasteiger partial charge in [-0.25, -0.2) is 4.57 Å². The largest absolute Gasteiger partial charge is 0.472 e.